The van der Waals surface area contributed by atoms with E-state index in [-0.39, 0.29) is 6.10 Å². The van der Waals surface area contributed by atoms with Crippen molar-refractivity contribution in [1.29, 1.82) is 0 Å². The first kappa shape index (κ1) is 12.8. The monoisotopic (exact) mass is 244 g/mol. The zero-order valence-corrected chi connectivity index (χ0v) is 11.2. The standard InChI is InChI=1S/C15H20N2O/c1-10(2)11(3)18-15-14-7-5-4-6-13(14)12(8-16)9-17-15/h4-7,9-11H,8,16H2,1-3H3. The molecule has 0 spiro atoms. The number of fused-ring (bicyclic) bond motifs is 1. The number of aromatic nitrogens is 1. The molecular formula is C15H20N2O. The Hall–Kier alpha value is -1.61. The molecule has 18 heavy (non-hydrogen) atoms. The van der Waals surface area contributed by atoms with Crippen molar-refractivity contribution < 1.29 is 4.74 Å². The summed E-state index contributed by atoms with van der Waals surface area (Å²) in [5.41, 5.74) is 6.79. The number of hydrogen-bond donors (Lipinski definition) is 1. The molecule has 0 aliphatic carbocycles. The van der Waals surface area contributed by atoms with Gasteiger partial charge in [-0.05, 0) is 29.9 Å². The van der Waals surface area contributed by atoms with Crippen molar-refractivity contribution in [2.45, 2.75) is 33.4 Å². The summed E-state index contributed by atoms with van der Waals surface area (Å²) < 4.78 is 5.94. The molecule has 2 N–H and O–H groups in total. The third kappa shape index (κ3) is 2.46. The molecule has 1 heterocycles. The Morgan fingerprint density at radius 1 is 1.17 bits per heavy atom. The second-order valence-corrected chi connectivity index (χ2v) is 4.91. The molecule has 0 aliphatic rings. The van der Waals surface area contributed by atoms with Gasteiger partial charge in [0.05, 0.1) is 6.10 Å². The van der Waals surface area contributed by atoms with E-state index in [0.717, 1.165) is 16.3 Å². The normalized spacial score (nSPS) is 12.9. The SMILES string of the molecule is CC(C)C(C)Oc1ncc(CN)c2ccccc12. The van der Waals surface area contributed by atoms with Gasteiger partial charge in [0.15, 0.2) is 0 Å². The van der Waals surface area contributed by atoms with Crippen LogP contribution in [0.15, 0.2) is 30.5 Å². The van der Waals surface area contributed by atoms with Crippen LogP contribution in [0.1, 0.15) is 26.3 Å². The van der Waals surface area contributed by atoms with Crippen LogP contribution in [0.2, 0.25) is 0 Å². The minimum Gasteiger partial charge on any atom is -0.474 e. The van der Waals surface area contributed by atoms with Gasteiger partial charge in [0.1, 0.15) is 0 Å². The highest BCUT2D eigenvalue weighted by Crippen LogP contribution is 2.27. The summed E-state index contributed by atoms with van der Waals surface area (Å²) in [7, 11) is 0. The number of ether oxygens (including phenoxy) is 1. The molecule has 1 atom stereocenters. The van der Waals surface area contributed by atoms with Gasteiger partial charge in [-0.2, -0.15) is 0 Å². The summed E-state index contributed by atoms with van der Waals surface area (Å²) in [6, 6.07) is 8.10. The van der Waals surface area contributed by atoms with E-state index < -0.39 is 0 Å². The molecule has 0 radical (unpaired) electrons. The van der Waals surface area contributed by atoms with Gasteiger partial charge in [0, 0.05) is 18.1 Å². The van der Waals surface area contributed by atoms with E-state index in [4.69, 9.17) is 10.5 Å². The van der Waals surface area contributed by atoms with E-state index in [1.165, 1.54) is 0 Å². The maximum atomic E-state index is 5.94. The molecule has 0 saturated carbocycles. The molecule has 96 valence electrons. The van der Waals surface area contributed by atoms with Crippen molar-refractivity contribution in [3.8, 4) is 5.88 Å². The fourth-order valence-electron chi connectivity index (χ4n) is 1.79. The number of hydrogen-bond acceptors (Lipinski definition) is 3. The van der Waals surface area contributed by atoms with Gasteiger partial charge in [0.2, 0.25) is 5.88 Å². The van der Waals surface area contributed by atoms with Crippen molar-refractivity contribution in [1.82, 2.24) is 4.98 Å². The van der Waals surface area contributed by atoms with Crippen molar-refractivity contribution >= 4 is 10.8 Å². The molecule has 0 fully saturated rings. The second-order valence-electron chi connectivity index (χ2n) is 4.91. The first-order chi connectivity index (χ1) is 8.63. The van der Waals surface area contributed by atoms with Crippen molar-refractivity contribution in [2.24, 2.45) is 11.7 Å². The molecule has 0 bridgehead atoms. The summed E-state index contributed by atoms with van der Waals surface area (Å²) in [5.74, 6) is 1.16. The van der Waals surface area contributed by atoms with Crippen LogP contribution in [-0.4, -0.2) is 11.1 Å². The summed E-state index contributed by atoms with van der Waals surface area (Å²) in [6.45, 7) is 6.84. The highest BCUT2D eigenvalue weighted by atomic mass is 16.5. The maximum absolute atomic E-state index is 5.94. The Morgan fingerprint density at radius 3 is 2.44 bits per heavy atom. The predicted octanol–water partition coefficient (Wildman–Crippen LogP) is 3.12. The zero-order valence-electron chi connectivity index (χ0n) is 11.2. The van der Waals surface area contributed by atoms with E-state index in [1.807, 2.05) is 24.4 Å². The molecule has 1 aromatic heterocycles. The van der Waals surface area contributed by atoms with Crippen LogP contribution in [-0.2, 0) is 6.54 Å². The van der Waals surface area contributed by atoms with Gasteiger partial charge in [-0.1, -0.05) is 32.0 Å². The Kier molecular flexibility index (Phi) is 3.82. The average molecular weight is 244 g/mol. The highest BCUT2D eigenvalue weighted by molar-refractivity contribution is 5.89. The van der Waals surface area contributed by atoms with Crippen LogP contribution < -0.4 is 10.5 Å². The first-order valence-electron chi connectivity index (χ1n) is 6.36. The van der Waals surface area contributed by atoms with Crippen LogP contribution in [0.5, 0.6) is 5.88 Å². The quantitative estimate of drug-likeness (QED) is 0.899. The van der Waals surface area contributed by atoms with Crippen molar-refractivity contribution in [3.05, 3.63) is 36.0 Å². The van der Waals surface area contributed by atoms with E-state index in [2.05, 4.69) is 31.8 Å². The molecule has 0 amide bonds. The van der Waals surface area contributed by atoms with Gasteiger partial charge >= 0.3 is 0 Å². The third-order valence-electron chi connectivity index (χ3n) is 3.30. The molecule has 3 nitrogen and oxygen atoms in total. The topological polar surface area (TPSA) is 48.1 Å². The van der Waals surface area contributed by atoms with Crippen LogP contribution >= 0.6 is 0 Å². The molecule has 0 saturated heterocycles. The molecule has 2 aromatic rings. The number of nitrogens with two attached hydrogens (primary N) is 1. The molecular weight excluding hydrogens is 224 g/mol. The number of benzene rings is 1. The lowest BCUT2D eigenvalue weighted by molar-refractivity contribution is 0.166. The molecule has 3 heteroatoms. The minimum atomic E-state index is 0.143. The third-order valence-corrected chi connectivity index (χ3v) is 3.30. The van der Waals surface area contributed by atoms with Crippen molar-refractivity contribution in [2.75, 3.05) is 0 Å². The van der Waals surface area contributed by atoms with Gasteiger partial charge < -0.3 is 10.5 Å². The van der Waals surface area contributed by atoms with Crippen LogP contribution in [0.3, 0.4) is 0 Å². The minimum absolute atomic E-state index is 0.143. The molecule has 2 rings (SSSR count). The van der Waals surface area contributed by atoms with Gasteiger partial charge in [-0.3, -0.25) is 0 Å². The van der Waals surface area contributed by atoms with Gasteiger partial charge in [0.25, 0.3) is 0 Å². The fourth-order valence-corrected chi connectivity index (χ4v) is 1.79. The summed E-state index contributed by atoms with van der Waals surface area (Å²) in [5, 5.41) is 2.16. The lowest BCUT2D eigenvalue weighted by Gasteiger charge is -2.19. The predicted molar refractivity (Wildman–Crippen MR) is 74.6 cm³/mol. The van der Waals surface area contributed by atoms with Gasteiger partial charge in [-0.15, -0.1) is 0 Å². The van der Waals surface area contributed by atoms with Crippen molar-refractivity contribution in [3.63, 3.8) is 0 Å². The summed E-state index contributed by atoms with van der Waals surface area (Å²) >= 11 is 0. The van der Waals surface area contributed by atoms with Crippen LogP contribution in [0.4, 0.5) is 0 Å². The Balaban J connectivity index is 2.46. The highest BCUT2D eigenvalue weighted by Gasteiger charge is 2.13. The Labute approximate surface area is 108 Å². The second kappa shape index (κ2) is 5.36. The molecule has 1 aromatic carbocycles. The first-order valence-corrected chi connectivity index (χ1v) is 6.36. The molecule has 1 unspecified atom stereocenters. The fraction of sp³-hybridized carbons (Fsp3) is 0.400. The zero-order chi connectivity index (χ0) is 13.1. The lowest BCUT2D eigenvalue weighted by atomic mass is 10.1. The smallest absolute Gasteiger partial charge is 0.221 e. The summed E-state index contributed by atoms with van der Waals surface area (Å²) in [4.78, 5) is 4.40. The Morgan fingerprint density at radius 2 is 1.83 bits per heavy atom. The van der Waals surface area contributed by atoms with Crippen LogP contribution in [0.25, 0.3) is 10.8 Å². The van der Waals surface area contributed by atoms with E-state index in [0.29, 0.717) is 18.3 Å². The van der Waals surface area contributed by atoms with E-state index >= 15 is 0 Å². The Bertz CT molecular complexity index is 537. The molecule has 0 aliphatic heterocycles. The largest absolute Gasteiger partial charge is 0.474 e. The lowest BCUT2D eigenvalue weighted by Crippen LogP contribution is -2.19. The average Bonchev–Trinajstić information content (AvgIpc) is 2.39. The van der Waals surface area contributed by atoms with E-state index in [1.54, 1.807) is 0 Å². The van der Waals surface area contributed by atoms with Crippen LogP contribution in [0, 0.1) is 5.92 Å². The van der Waals surface area contributed by atoms with E-state index in [9.17, 15) is 0 Å². The number of rotatable bonds is 4. The number of pyridine rings is 1. The maximum Gasteiger partial charge on any atom is 0.221 e. The number of nitrogens with zero attached hydrogens (tertiary/aromatic N) is 1. The summed E-state index contributed by atoms with van der Waals surface area (Å²) in [6.07, 6.45) is 1.95. The van der Waals surface area contributed by atoms with Gasteiger partial charge in [-0.25, -0.2) is 4.98 Å².